The number of anilines is 1. The van der Waals surface area contributed by atoms with Gasteiger partial charge in [0, 0.05) is 12.7 Å². The van der Waals surface area contributed by atoms with Crippen molar-refractivity contribution in [3.05, 3.63) is 54.0 Å². The highest BCUT2D eigenvalue weighted by Gasteiger charge is 2.51. The van der Waals surface area contributed by atoms with Crippen molar-refractivity contribution in [2.24, 2.45) is 0 Å². The van der Waals surface area contributed by atoms with E-state index in [1.165, 1.54) is 4.90 Å². The van der Waals surface area contributed by atoms with E-state index >= 15 is 0 Å². The van der Waals surface area contributed by atoms with E-state index in [1.54, 1.807) is 45.2 Å². The number of carbonyl (C=O) groups is 3. The van der Waals surface area contributed by atoms with E-state index in [0.717, 1.165) is 4.90 Å². The van der Waals surface area contributed by atoms with Crippen LogP contribution in [0.3, 0.4) is 0 Å². The molecule has 25 heavy (non-hydrogen) atoms. The van der Waals surface area contributed by atoms with Gasteiger partial charge in [-0.15, -0.1) is 0 Å². The van der Waals surface area contributed by atoms with E-state index in [9.17, 15) is 14.4 Å². The summed E-state index contributed by atoms with van der Waals surface area (Å²) in [5.74, 6) is 0.0996. The predicted molar refractivity (Wildman–Crippen MR) is 90.9 cm³/mol. The number of imide groups is 1. The monoisotopic (exact) mass is 341 g/mol. The largest absolute Gasteiger partial charge is 0.463 e. The van der Waals surface area contributed by atoms with Gasteiger partial charge >= 0.3 is 6.03 Å². The van der Waals surface area contributed by atoms with Gasteiger partial charge in [0.15, 0.2) is 5.54 Å². The predicted octanol–water partition coefficient (Wildman–Crippen LogP) is 2.02. The van der Waals surface area contributed by atoms with Gasteiger partial charge < -0.3 is 14.6 Å². The maximum atomic E-state index is 12.8. The summed E-state index contributed by atoms with van der Waals surface area (Å²) in [4.78, 5) is 39.8. The number of nitrogens with zero attached hydrogens (tertiary/aromatic N) is 2. The second-order valence-corrected chi connectivity index (χ2v) is 6.15. The summed E-state index contributed by atoms with van der Waals surface area (Å²) in [5, 5.41) is 2.62. The molecule has 1 aliphatic rings. The van der Waals surface area contributed by atoms with Gasteiger partial charge in [-0.05, 0) is 38.1 Å². The number of para-hydroxylation sites is 1. The lowest BCUT2D eigenvalue weighted by atomic mass is 9.99. The van der Waals surface area contributed by atoms with E-state index in [0.29, 0.717) is 17.2 Å². The zero-order chi connectivity index (χ0) is 18.2. The fourth-order valence-electron chi connectivity index (χ4n) is 2.75. The van der Waals surface area contributed by atoms with Crippen molar-refractivity contribution in [2.75, 3.05) is 18.5 Å². The fourth-order valence-corrected chi connectivity index (χ4v) is 2.75. The molecular formula is C18H19N3O4. The van der Waals surface area contributed by atoms with Crippen LogP contribution in [-0.4, -0.2) is 36.3 Å². The first-order chi connectivity index (χ1) is 11.8. The number of hydrogen-bond acceptors (Lipinski definition) is 4. The highest BCUT2D eigenvalue weighted by Crippen LogP contribution is 2.30. The third-order valence-corrected chi connectivity index (χ3v) is 4.32. The van der Waals surface area contributed by atoms with E-state index in [-0.39, 0.29) is 12.5 Å². The van der Waals surface area contributed by atoms with Gasteiger partial charge in [-0.3, -0.25) is 14.5 Å². The number of urea groups is 1. The van der Waals surface area contributed by atoms with Gasteiger partial charge in [0.25, 0.3) is 5.91 Å². The summed E-state index contributed by atoms with van der Waals surface area (Å²) < 4.78 is 5.50. The van der Waals surface area contributed by atoms with Crippen LogP contribution in [0.25, 0.3) is 0 Å². The Balaban J connectivity index is 1.78. The molecule has 0 bridgehead atoms. The van der Waals surface area contributed by atoms with Crippen LogP contribution in [0.15, 0.2) is 46.9 Å². The summed E-state index contributed by atoms with van der Waals surface area (Å²) in [6.45, 7) is 2.98. The standard InChI is InChI=1S/C18H19N3O4/c1-12-9-10-14(25-12)18(2)16(23)21(17(24)19-18)11-15(22)20(3)13-7-5-4-6-8-13/h4-10H,11H2,1-3H3,(H,19,24)/t18-/m0/s1. The minimum absolute atomic E-state index is 0.342. The summed E-state index contributed by atoms with van der Waals surface area (Å²) in [6, 6.07) is 11.8. The highest BCUT2D eigenvalue weighted by atomic mass is 16.3. The number of nitrogens with one attached hydrogen (secondary N) is 1. The van der Waals surface area contributed by atoms with E-state index in [4.69, 9.17) is 4.42 Å². The quantitative estimate of drug-likeness (QED) is 0.863. The Hall–Kier alpha value is -3.09. The van der Waals surface area contributed by atoms with E-state index in [2.05, 4.69) is 5.32 Å². The number of furan rings is 1. The van der Waals surface area contributed by atoms with Crippen LogP contribution in [0.5, 0.6) is 0 Å². The van der Waals surface area contributed by atoms with Gasteiger partial charge in [0.05, 0.1) is 0 Å². The van der Waals surface area contributed by atoms with Crippen LogP contribution >= 0.6 is 0 Å². The van der Waals surface area contributed by atoms with Crippen molar-refractivity contribution in [3.8, 4) is 0 Å². The van der Waals surface area contributed by atoms with Crippen molar-refractivity contribution >= 4 is 23.5 Å². The molecule has 0 aliphatic carbocycles. The average Bonchev–Trinajstić information content (AvgIpc) is 3.13. The van der Waals surface area contributed by atoms with Gasteiger partial charge in [0.2, 0.25) is 5.91 Å². The maximum absolute atomic E-state index is 12.8. The third-order valence-electron chi connectivity index (χ3n) is 4.32. The SMILES string of the molecule is Cc1ccc([C@]2(C)NC(=O)N(CC(=O)N(C)c3ccccc3)C2=O)o1. The van der Waals surface area contributed by atoms with Crippen LogP contribution in [0, 0.1) is 6.92 Å². The molecule has 1 atom stereocenters. The number of hydrogen-bond donors (Lipinski definition) is 1. The normalized spacial score (nSPS) is 19.9. The molecule has 3 rings (SSSR count). The molecular weight excluding hydrogens is 322 g/mol. The van der Waals surface area contributed by atoms with Crippen LogP contribution < -0.4 is 10.2 Å². The molecule has 1 aromatic carbocycles. The number of likely N-dealkylation sites (N-methyl/N-ethyl adjacent to an activating group) is 1. The first-order valence-corrected chi connectivity index (χ1v) is 7.85. The lowest BCUT2D eigenvalue weighted by Crippen LogP contribution is -2.43. The number of benzene rings is 1. The molecule has 0 unspecified atom stereocenters. The molecule has 7 nitrogen and oxygen atoms in total. The van der Waals surface area contributed by atoms with Crippen LogP contribution in [-0.2, 0) is 15.1 Å². The summed E-state index contributed by atoms with van der Waals surface area (Å²) in [7, 11) is 1.60. The molecule has 1 aromatic heterocycles. The molecule has 1 saturated heterocycles. The number of amides is 4. The molecule has 4 amide bonds. The molecule has 0 spiro atoms. The number of rotatable bonds is 4. The fraction of sp³-hybridized carbons (Fsp3) is 0.278. The summed E-state index contributed by atoms with van der Waals surface area (Å²) in [6.07, 6.45) is 0. The molecule has 0 saturated carbocycles. The topological polar surface area (TPSA) is 82.9 Å². The van der Waals surface area contributed by atoms with Crippen molar-refractivity contribution < 1.29 is 18.8 Å². The van der Waals surface area contributed by atoms with Crippen molar-refractivity contribution in [3.63, 3.8) is 0 Å². The highest BCUT2D eigenvalue weighted by molar-refractivity contribution is 6.10. The number of carbonyl (C=O) groups excluding carboxylic acids is 3. The van der Waals surface area contributed by atoms with Crippen LogP contribution in [0.1, 0.15) is 18.4 Å². The summed E-state index contributed by atoms with van der Waals surface area (Å²) >= 11 is 0. The second-order valence-electron chi connectivity index (χ2n) is 6.15. The van der Waals surface area contributed by atoms with Crippen LogP contribution in [0.4, 0.5) is 10.5 Å². The molecule has 0 radical (unpaired) electrons. The van der Waals surface area contributed by atoms with Crippen molar-refractivity contribution in [1.29, 1.82) is 0 Å². The van der Waals surface area contributed by atoms with Gasteiger partial charge in [-0.1, -0.05) is 18.2 Å². The first-order valence-electron chi connectivity index (χ1n) is 7.85. The average molecular weight is 341 g/mol. The molecule has 2 heterocycles. The summed E-state index contributed by atoms with van der Waals surface area (Å²) in [5.41, 5.74) is -0.624. The molecule has 1 N–H and O–H groups in total. The van der Waals surface area contributed by atoms with Gasteiger partial charge in [-0.25, -0.2) is 4.79 Å². The minimum atomic E-state index is -1.31. The lowest BCUT2D eigenvalue weighted by Gasteiger charge is -2.21. The zero-order valence-electron chi connectivity index (χ0n) is 14.3. The first kappa shape index (κ1) is 16.8. The third kappa shape index (κ3) is 2.88. The smallest absolute Gasteiger partial charge is 0.325 e. The molecule has 7 heteroatoms. The molecule has 1 fully saturated rings. The maximum Gasteiger partial charge on any atom is 0.325 e. The minimum Gasteiger partial charge on any atom is -0.463 e. The zero-order valence-corrected chi connectivity index (χ0v) is 14.3. The Morgan fingerprint density at radius 2 is 1.88 bits per heavy atom. The molecule has 1 aliphatic heterocycles. The van der Waals surface area contributed by atoms with Crippen molar-refractivity contribution in [2.45, 2.75) is 19.4 Å². The Labute approximate surface area is 145 Å². The van der Waals surface area contributed by atoms with Gasteiger partial charge in [0.1, 0.15) is 18.1 Å². The molecule has 2 aromatic rings. The van der Waals surface area contributed by atoms with Crippen molar-refractivity contribution in [1.82, 2.24) is 10.2 Å². The Kier molecular flexibility index (Phi) is 4.08. The Morgan fingerprint density at radius 1 is 1.20 bits per heavy atom. The second kappa shape index (κ2) is 6.08. The Morgan fingerprint density at radius 3 is 2.48 bits per heavy atom. The van der Waals surface area contributed by atoms with Gasteiger partial charge in [-0.2, -0.15) is 0 Å². The lowest BCUT2D eigenvalue weighted by molar-refractivity contribution is -0.134. The van der Waals surface area contributed by atoms with Crippen LogP contribution in [0.2, 0.25) is 0 Å². The van der Waals surface area contributed by atoms with E-state index < -0.39 is 17.5 Å². The molecule has 130 valence electrons. The van der Waals surface area contributed by atoms with E-state index in [1.807, 2.05) is 18.2 Å². The number of aryl methyl sites for hydroxylation is 1. The Bertz CT molecular complexity index is 830.